The molecule has 0 heterocycles. The summed E-state index contributed by atoms with van der Waals surface area (Å²) < 4.78 is 0. The van der Waals surface area contributed by atoms with Crippen LogP contribution in [-0.4, -0.2) is 14.8 Å². The smallest absolute Gasteiger partial charge is 0.130 e. The molecular weight excluding hydrogens is 234 g/mol. The van der Waals surface area contributed by atoms with Crippen molar-refractivity contribution in [2.24, 2.45) is 5.41 Å². The second-order valence-corrected chi connectivity index (χ2v) is 12.1. The van der Waals surface area contributed by atoms with Crippen molar-refractivity contribution in [1.82, 2.24) is 4.98 Å². The van der Waals surface area contributed by atoms with Crippen molar-refractivity contribution in [1.29, 1.82) is 0 Å². The Kier molecular flexibility index (Phi) is 4.34. The van der Waals surface area contributed by atoms with Crippen molar-refractivity contribution >= 4 is 8.24 Å². The lowest BCUT2D eigenvalue weighted by Gasteiger charge is -2.36. The summed E-state index contributed by atoms with van der Waals surface area (Å²) in [5, 5.41) is 0. The van der Waals surface area contributed by atoms with Gasteiger partial charge in [-0.2, -0.15) is 0 Å². The van der Waals surface area contributed by atoms with Crippen LogP contribution in [0.3, 0.4) is 0 Å². The average Bonchev–Trinajstić information content (AvgIpc) is 2.40. The van der Waals surface area contributed by atoms with E-state index in [4.69, 9.17) is 0 Å². The van der Waals surface area contributed by atoms with Gasteiger partial charge in [0.1, 0.15) is 8.24 Å². The molecule has 0 atom stereocenters. The van der Waals surface area contributed by atoms with E-state index in [2.05, 4.69) is 66.5 Å². The van der Waals surface area contributed by atoms with Crippen LogP contribution in [0.25, 0.3) is 0 Å². The van der Waals surface area contributed by atoms with Gasteiger partial charge in [0.25, 0.3) is 0 Å². The van der Waals surface area contributed by atoms with E-state index in [0.717, 1.165) is 6.54 Å². The van der Waals surface area contributed by atoms with E-state index < -0.39 is 8.24 Å². The lowest BCUT2D eigenvalue weighted by molar-refractivity contribution is 0.408. The summed E-state index contributed by atoms with van der Waals surface area (Å²) in [6.07, 6.45) is 0. The Morgan fingerprint density at radius 1 is 0.944 bits per heavy atom. The minimum absolute atomic E-state index is 0.363. The molecular formula is C16H31NSi. The average molecular weight is 266 g/mol. The zero-order valence-corrected chi connectivity index (χ0v) is 14.8. The molecule has 0 radical (unpaired) electrons. The van der Waals surface area contributed by atoms with E-state index >= 15 is 0 Å². The molecule has 0 saturated carbocycles. The first kappa shape index (κ1) is 15.7. The molecule has 0 aromatic rings. The number of nitrogens with one attached hydrogen (secondary N) is 1. The van der Waals surface area contributed by atoms with Gasteiger partial charge in [0.15, 0.2) is 0 Å². The van der Waals surface area contributed by atoms with Crippen LogP contribution in [0.5, 0.6) is 0 Å². The highest BCUT2D eigenvalue weighted by molar-refractivity contribution is 6.77. The number of hydrogen-bond donors (Lipinski definition) is 1. The van der Waals surface area contributed by atoms with Crippen LogP contribution in [0, 0.1) is 5.41 Å². The molecule has 0 unspecified atom stereocenters. The Hall–Kier alpha value is -0.343. The van der Waals surface area contributed by atoms with Gasteiger partial charge in [-0.25, -0.2) is 0 Å². The van der Waals surface area contributed by atoms with E-state index in [1.807, 2.05) is 0 Å². The van der Waals surface area contributed by atoms with Crippen molar-refractivity contribution in [3.8, 4) is 0 Å². The van der Waals surface area contributed by atoms with E-state index in [1.54, 1.807) is 11.1 Å². The summed E-state index contributed by atoms with van der Waals surface area (Å²) in [7, 11) is -1.46. The molecule has 0 fully saturated rings. The first-order chi connectivity index (χ1) is 7.97. The third-order valence-corrected chi connectivity index (χ3v) is 7.80. The normalized spacial score (nSPS) is 19.2. The highest BCUT2D eigenvalue weighted by Gasteiger charge is 2.39. The topological polar surface area (TPSA) is 12.0 Å². The number of rotatable bonds is 3. The van der Waals surface area contributed by atoms with Gasteiger partial charge in [0, 0.05) is 5.54 Å². The van der Waals surface area contributed by atoms with Gasteiger partial charge < -0.3 is 4.98 Å². The van der Waals surface area contributed by atoms with Gasteiger partial charge in [-0.05, 0) is 50.8 Å². The van der Waals surface area contributed by atoms with E-state index in [1.165, 1.54) is 11.1 Å². The minimum Gasteiger partial charge on any atom is -0.336 e. The number of allylic oxidation sites excluding steroid dienone is 4. The first-order valence-electron chi connectivity index (χ1n) is 7.07. The largest absolute Gasteiger partial charge is 0.336 e. The highest BCUT2D eigenvalue weighted by Crippen LogP contribution is 2.45. The van der Waals surface area contributed by atoms with Crippen LogP contribution < -0.4 is 4.98 Å². The Morgan fingerprint density at radius 2 is 1.33 bits per heavy atom. The maximum absolute atomic E-state index is 3.91. The summed E-state index contributed by atoms with van der Waals surface area (Å²) >= 11 is 0. The lowest BCUT2D eigenvalue weighted by Crippen LogP contribution is -2.52. The fourth-order valence-electron chi connectivity index (χ4n) is 3.03. The molecule has 0 aliphatic heterocycles. The second-order valence-electron chi connectivity index (χ2n) is 7.68. The summed E-state index contributed by atoms with van der Waals surface area (Å²) in [4.78, 5) is 3.91. The van der Waals surface area contributed by atoms with Gasteiger partial charge in [0.05, 0.1) is 0 Å². The van der Waals surface area contributed by atoms with Crippen molar-refractivity contribution in [2.75, 3.05) is 6.54 Å². The molecule has 0 bridgehead atoms. The summed E-state index contributed by atoms with van der Waals surface area (Å²) in [6, 6.07) is 0. The van der Waals surface area contributed by atoms with Crippen LogP contribution in [-0.2, 0) is 0 Å². The Morgan fingerprint density at radius 3 is 1.67 bits per heavy atom. The fraction of sp³-hybridized carbons (Fsp3) is 0.750. The van der Waals surface area contributed by atoms with Crippen LogP contribution in [0.15, 0.2) is 22.3 Å². The minimum atomic E-state index is -1.46. The van der Waals surface area contributed by atoms with E-state index in [9.17, 15) is 0 Å². The van der Waals surface area contributed by atoms with Gasteiger partial charge in [0.2, 0.25) is 0 Å². The van der Waals surface area contributed by atoms with Crippen molar-refractivity contribution in [3.63, 3.8) is 0 Å². The van der Waals surface area contributed by atoms with Crippen LogP contribution in [0.1, 0.15) is 48.5 Å². The van der Waals surface area contributed by atoms with Gasteiger partial charge in [-0.1, -0.05) is 45.0 Å². The molecule has 104 valence electrons. The molecule has 0 aromatic carbocycles. The molecule has 1 aliphatic rings. The molecule has 0 spiro atoms. The van der Waals surface area contributed by atoms with Crippen LogP contribution in [0.2, 0.25) is 18.6 Å². The van der Waals surface area contributed by atoms with Crippen molar-refractivity contribution in [2.45, 2.75) is 67.1 Å². The predicted molar refractivity (Wildman–Crippen MR) is 85.4 cm³/mol. The third kappa shape index (κ3) is 3.15. The molecule has 18 heavy (non-hydrogen) atoms. The van der Waals surface area contributed by atoms with Gasteiger partial charge >= 0.3 is 0 Å². The van der Waals surface area contributed by atoms with Crippen LogP contribution in [0.4, 0.5) is 0 Å². The molecule has 1 nitrogen and oxygen atoms in total. The van der Waals surface area contributed by atoms with Crippen molar-refractivity contribution < 1.29 is 0 Å². The maximum atomic E-state index is 3.91. The summed E-state index contributed by atoms with van der Waals surface area (Å²) in [5.74, 6) is 0. The zero-order chi connectivity index (χ0) is 14.3. The van der Waals surface area contributed by atoms with Gasteiger partial charge in [-0.15, -0.1) is 0 Å². The molecule has 0 aromatic heterocycles. The van der Waals surface area contributed by atoms with Gasteiger partial charge in [-0.3, -0.25) is 0 Å². The molecule has 1 rings (SSSR count). The maximum Gasteiger partial charge on any atom is 0.130 e. The quantitative estimate of drug-likeness (QED) is 0.717. The monoisotopic (exact) mass is 265 g/mol. The third-order valence-electron chi connectivity index (χ3n) is 4.41. The lowest BCUT2D eigenvalue weighted by atomic mass is 9.98. The highest BCUT2D eigenvalue weighted by atomic mass is 28.3. The Bertz CT molecular complexity index is 370. The molecule has 0 amide bonds. The predicted octanol–water partition coefficient (Wildman–Crippen LogP) is 4.88. The summed E-state index contributed by atoms with van der Waals surface area (Å²) in [6.45, 7) is 22.2. The Balaban J connectivity index is 2.94. The molecule has 2 heteroatoms. The van der Waals surface area contributed by atoms with Crippen LogP contribution >= 0.6 is 0 Å². The second kappa shape index (κ2) is 4.97. The summed E-state index contributed by atoms with van der Waals surface area (Å²) in [5.41, 5.74) is 7.29. The van der Waals surface area contributed by atoms with E-state index in [-0.39, 0.29) is 0 Å². The van der Waals surface area contributed by atoms with Crippen molar-refractivity contribution in [3.05, 3.63) is 22.3 Å². The Labute approximate surface area is 115 Å². The molecule has 1 aliphatic carbocycles. The standard InChI is InChI=1S/C16H31NSi/c1-11-12(2)14(4)15(13(11)3)18(8,9)17-10-16(5,6)7/h15,17H,10H2,1-9H3. The zero-order valence-electron chi connectivity index (χ0n) is 13.8. The molecule has 0 saturated heterocycles. The van der Waals surface area contributed by atoms with E-state index in [0.29, 0.717) is 11.0 Å². The fourth-order valence-corrected chi connectivity index (χ4v) is 6.81. The first-order valence-corrected chi connectivity index (χ1v) is 10.2. The number of hydrogen-bond acceptors (Lipinski definition) is 1. The molecule has 1 N–H and O–H groups in total. The SMILES string of the molecule is CC1=C(C)C([Si](C)(C)NCC(C)(C)C)C(C)=C1C.